The molecule has 0 atom stereocenters. The summed E-state index contributed by atoms with van der Waals surface area (Å²) in [4.78, 5) is 26.3. The van der Waals surface area contributed by atoms with Crippen LogP contribution in [0.5, 0.6) is 5.75 Å². The summed E-state index contributed by atoms with van der Waals surface area (Å²) in [5.74, 6) is 0.224. The number of esters is 1. The molecule has 0 bridgehead atoms. The molecule has 1 aliphatic heterocycles. The van der Waals surface area contributed by atoms with Gasteiger partial charge in [-0.15, -0.1) is 0 Å². The number of amides is 1. The van der Waals surface area contributed by atoms with Gasteiger partial charge in [-0.2, -0.15) is 0 Å². The lowest BCUT2D eigenvalue weighted by atomic mass is 9.96. The van der Waals surface area contributed by atoms with E-state index in [2.05, 4.69) is 5.32 Å². The zero-order valence-corrected chi connectivity index (χ0v) is 13.7. The van der Waals surface area contributed by atoms with Gasteiger partial charge >= 0.3 is 5.97 Å². The van der Waals surface area contributed by atoms with E-state index in [9.17, 15) is 9.59 Å². The summed E-state index contributed by atoms with van der Waals surface area (Å²) < 4.78 is 10.1. The summed E-state index contributed by atoms with van der Waals surface area (Å²) in [6.45, 7) is 3.64. The minimum absolute atomic E-state index is 0.0234. The molecule has 6 heteroatoms. The first kappa shape index (κ1) is 17.3. The lowest BCUT2D eigenvalue weighted by molar-refractivity contribution is -0.142. The highest BCUT2D eigenvalue weighted by Gasteiger charge is 2.28. The van der Waals surface area contributed by atoms with E-state index in [1.807, 2.05) is 0 Å². The second kappa shape index (κ2) is 8.53. The zero-order chi connectivity index (χ0) is 16.7. The van der Waals surface area contributed by atoms with Crippen molar-refractivity contribution in [3.63, 3.8) is 0 Å². The van der Waals surface area contributed by atoms with E-state index in [-0.39, 0.29) is 18.4 Å². The summed E-state index contributed by atoms with van der Waals surface area (Å²) in [5, 5.41) is 3.25. The van der Waals surface area contributed by atoms with Gasteiger partial charge in [-0.3, -0.25) is 9.59 Å². The number of nitrogens with one attached hydrogen (secondary N) is 1. The lowest BCUT2D eigenvalue weighted by Gasteiger charge is -2.29. The van der Waals surface area contributed by atoms with Crippen molar-refractivity contribution < 1.29 is 19.1 Å². The van der Waals surface area contributed by atoms with E-state index in [1.54, 1.807) is 38.3 Å². The van der Waals surface area contributed by atoms with Crippen LogP contribution in [0.4, 0.5) is 5.69 Å². The van der Waals surface area contributed by atoms with Gasteiger partial charge in [0.25, 0.3) is 0 Å². The molecule has 1 fully saturated rings. The van der Waals surface area contributed by atoms with Crippen LogP contribution in [0.2, 0.25) is 0 Å². The maximum absolute atomic E-state index is 12.9. The van der Waals surface area contributed by atoms with Gasteiger partial charge in [-0.05, 0) is 57.1 Å². The number of benzene rings is 1. The average Bonchev–Trinajstić information content (AvgIpc) is 2.60. The standard InChI is InChI=1S/C17H24N2O4/c1-3-23-16(20)12-19(14-4-6-15(22-2)7-5-14)17(21)13-8-10-18-11-9-13/h4-7,13,18H,3,8-12H2,1-2H3. The molecule has 0 unspecified atom stereocenters. The maximum atomic E-state index is 12.9. The number of anilines is 1. The number of carbonyl (C=O) groups excluding carboxylic acids is 2. The van der Waals surface area contributed by atoms with E-state index in [0.717, 1.165) is 25.9 Å². The molecular weight excluding hydrogens is 296 g/mol. The summed E-state index contributed by atoms with van der Waals surface area (Å²) >= 11 is 0. The van der Waals surface area contributed by atoms with Crippen molar-refractivity contribution in [2.45, 2.75) is 19.8 Å². The molecule has 1 aliphatic rings. The first-order valence-corrected chi connectivity index (χ1v) is 7.97. The third-order valence-electron chi connectivity index (χ3n) is 3.93. The van der Waals surface area contributed by atoms with E-state index in [0.29, 0.717) is 18.0 Å². The Kier molecular flexibility index (Phi) is 6.40. The predicted octanol–water partition coefficient (Wildman–Crippen LogP) is 1.59. The highest BCUT2D eigenvalue weighted by molar-refractivity contribution is 5.99. The monoisotopic (exact) mass is 320 g/mol. The fourth-order valence-corrected chi connectivity index (χ4v) is 2.68. The van der Waals surface area contributed by atoms with Crippen molar-refractivity contribution in [2.75, 3.05) is 38.3 Å². The molecule has 23 heavy (non-hydrogen) atoms. The number of hydrogen-bond acceptors (Lipinski definition) is 5. The summed E-state index contributed by atoms with van der Waals surface area (Å²) in [6, 6.07) is 7.14. The molecular formula is C17H24N2O4. The van der Waals surface area contributed by atoms with Gasteiger partial charge in [0.05, 0.1) is 13.7 Å². The Morgan fingerprint density at radius 3 is 2.43 bits per heavy atom. The Morgan fingerprint density at radius 2 is 1.87 bits per heavy atom. The Bertz CT molecular complexity index is 524. The second-order valence-corrected chi connectivity index (χ2v) is 5.45. The van der Waals surface area contributed by atoms with Crippen LogP contribution in [-0.2, 0) is 14.3 Å². The van der Waals surface area contributed by atoms with Crippen molar-refractivity contribution in [3.05, 3.63) is 24.3 Å². The number of hydrogen-bond donors (Lipinski definition) is 1. The molecule has 0 radical (unpaired) electrons. The van der Waals surface area contributed by atoms with Crippen LogP contribution in [0.1, 0.15) is 19.8 Å². The molecule has 2 rings (SSSR count). The molecule has 0 aromatic heterocycles. The van der Waals surface area contributed by atoms with Crippen molar-refractivity contribution in [3.8, 4) is 5.75 Å². The number of methoxy groups -OCH3 is 1. The van der Waals surface area contributed by atoms with Gasteiger partial charge in [0.1, 0.15) is 12.3 Å². The highest BCUT2D eigenvalue weighted by atomic mass is 16.5. The van der Waals surface area contributed by atoms with E-state index >= 15 is 0 Å². The number of carbonyl (C=O) groups is 2. The molecule has 1 saturated heterocycles. The molecule has 1 aromatic carbocycles. The van der Waals surface area contributed by atoms with Gasteiger partial charge in [0.2, 0.25) is 5.91 Å². The second-order valence-electron chi connectivity index (χ2n) is 5.45. The topological polar surface area (TPSA) is 67.9 Å². The third kappa shape index (κ3) is 4.69. The fraction of sp³-hybridized carbons (Fsp3) is 0.529. The average molecular weight is 320 g/mol. The Labute approximate surface area is 136 Å². The summed E-state index contributed by atoms with van der Waals surface area (Å²) in [5.41, 5.74) is 0.683. The molecule has 1 N–H and O–H groups in total. The fourth-order valence-electron chi connectivity index (χ4n) is 2.68. The molecule has 1 amide bonds. The third-order valence-corrected chi connectivity index (χ3v) is 3.93. The lowest BCUT2D eigenvalue weighted by Crippen LogP contribution is -2.43. The van der Waals surface area contributed by atoms with Gasteiger partial charge in [0.15, 0.2) is 0 Å². The minimum Gasteiger partial charge on any atom is -0.497 e. The number of nitrogens with zero attached hydrogens (tertiary/aromatic N) is 1. The number of rotatable bonds is 6. The highest BCUT2D eigenvalue weighted by Crippen LogP contribution is 2.23. The van der Waals surface area contributed by atoms with Gasteiger partial charge < -0.3 is 19.7 Å². The molecule has 6 nitrogen and oxygen atoms in total. The Balaban J connectivity index is 2.18. The Morgan fingerprint density at radius 1 is 1.22 bits per heavy atom. The smallest absolute Gasteiger partial charge is 0.326 e. The van der Waals surface area contributed by atoms with E-state index in [4.69, 9.17) is 9.47 Å². The van der Waals surface area contributed by atoms with Crippen molar-refractivity contribution in [1.29, 1.82) is 0 Å². The van der Waals surface area contributed by atoms with Crippen molar-refractivity contribution in [2.24, 2.45) is 5.92 Å². The van der Waals surface area contributed by atoms with Crippen LogP contribution in [-0.4, -0.2) is 45.2 Å². The van der Waals surface area contributed by atoms with Crippen LogP contribution < -0.4 is 15.0 Å². The van der Waals surface area contributed by atoms with Crippen LogP contribution in [0.25, 0.3) is 0 Å². The van der Waals surface area contributed by atoms with E-state index in [1.165, 1.54) is 4.90 Å². The van der Waals surface area contributed by atoms with Gasteiger partial charge in [-0.1, -0.05) is 0 Å². The van der Waals surface area contributed by atoms with Crippen LogP contribution >= 0.6 is 0 Å². The summed E-state index contributed by atoms with van der Waals surface area (Å²) in [6.07, 6.45) is 1.57. The normalized spacial score (nSPS) is 15.0. The Hall–Kier alpha value is -2.08. The van der Waals surface area contributed by atoms with Crippen molar-refractivity contribution >= 4 is 17.6 Å². The van der Waals surface area contributed by atoms with E-state index < -0.39 is 5.97 Å². The quantitative estimate of drug-likeness (QED) is 0.806. The van der Waals surface area contributed by atoms with Crippen LogP contribution in [0, 0.1) is 5.92 Å². The molecule has 0 saturated carbocycles. The number of ether oxygens (including phenoxy) is 2. The SMILES string of the molecule is CCOC(=O)CN(C(=O)C1CCNCC1)c1ccc(OC)cc1. The van der Waals surface area contributed by atoms with Crippen molar-refractivity contribution in [1.82, 2.24) is 5.32 Å². The molecule has 0 spiro atoms. The van der Waals surface area contributed by atoms with Gasteiger partial charge in [0, 0.05) is 11.6 Å². The van der Waals surface area contributed by atoms with Crippen LogP contribution in [0.15, 0.2) is 24.3 Å². The minimum atomic E-state index is -0.398. The number of piperidine rings is 1. The predicted molar refractivity (Wildman–Crippen MR) is 87.6 cm³/mol. The van der Waals surface area contributed by atoms with Gasteiger partial charge in [-0.25, -0.2) is 0 Å². The largest absolute Gasteiger partial charge is 0.497 e. The zero-order valence-electron chi connectivity index (χ0n) is 13.7. The molecule has 0 aliphatic carbocycles. The molecule has 126 valence electrons. The first-order valence-electron chi connectivity index (χ1n) is 7.97. The molecule has 1 aromatic rings. The van der Waals surface area contributed by atoms with Crippen LogP contribution in [0.3, 0.4) is 0 Å². The maximum Gasteiger partial charge on any atom is 0.326 e. The summed E-state index contributed by atoms with van der Waals surface area (Å²) in [7, 11) is 1.59. The first-order chi connectivity index (χ1) is 11.2. The molecule has 1 heterocycles.